The van der Waals surface area contributed by atoms with E-state index < -0.39 is 5.97 Å². The van der Waals surface area contributed by atoms with Crippen LogP contribution in [0.4, 0.5) is 4.79 Å². The second kappa shape index (κ2) is 8.25. The third kappa shape index (κ3) is 5.94. The molecule has 1 rings (SSSR count). The summed E-state index contributed by atoms with van der Waals surface area (Å²) in [4.78, 5) is 25.4. The summed E-state index contributed by atoms with van der Waals surface area (Å²) in [5.41, 5.74) is 0. The summed E-state index contributed by atoms with van der Waals surface area (Å²) in [6, 6.07) is -0.105. The van der Waals surface area contributed by atoms with Crippen molar-refractivity contribution in [3.05, 3.63) is 0 Å². The molecule has 0 aromatic heterocycles. The Morgan fingerprint density at radius 2 is 1.76 bits per heavy atom. The normalized spacial score (nSPS) is 17.2. The van der Waals surface area contributed by atoms with Gasteiger partial charge in [-0.1, -0.05) is 40.5 Å². The van der Waals surface area contributed by atoms with E-state index in [-0.39, 0.29) is 24.4 Å². The van der Waals surface area contributed by atoms with Crippen LogP contribution in [0.1, 0.15) is 59.8 Å². The number of aliphatic carboxylic acids is 1. The fourth-order valence-corrected chi connectivity index (χ4v) is 2.89. The number of nitrogens with one attached hydrogen (secondary N) is 1. The average Bonchev–Trinajstić information content (AvgIpc) is 2.87. The highest BCUT2D eigenvalue weighted by atomic mass is 16.4. The summed E-state index contributed by atoms with van der Waals surface area (Å²) in [5, 5.41) is 11.9. The van der Waals surface area contributed by atoms with Gasteiger partial charge in [0.25, 0.3) is 0 Å². The Morgan fingerprint density at radius 1 is 1.19 bits per heavy atom. The van der Waals surface area contributed by atoms with Crippen molar-refractivity contribution < 1.29 is 14.7 Å². The molecule has 2 N–H and O–H groups in total. The largest absolute Gasteiger partial charge is 0.481 e. The van der Waals surface area contributed by atoms with Gasteiger partial charge in [-0.2, -0.15) is 0 Å². The molecule has 122 valence electrons. The van der Waals surface area contributed by atoms with E-state index in [4.69, 9.17) is 5.11 Å². The fraction of sp³-hybridized carbons (Fsp3) is 0.875. The first kappa shape index (κ1) is 17.8. The van der Waals surface area contributed by atoms with E-state index in [1.54, 1.807) is 0 Å². The molecule has 1 saturated carbocycles. The highest BCUT2D eigenvalue weighted by Gasteiger charge is 2.29. The summed E-state index contributed by atoms with van der Waals surface area (Å²) < 4.78 is 0. The predicted molar refractivity (Wildman–Crippen MR) is 83.2 cm³/mol. The minimum absolute atomic E-state index is 0.0242. The van der Waals surface area contributed by atoms with Crippen molar-refractivity contribution in [3.63, 3.8) is 0 Å². The molecule has 0 spiro atoms. The third-order valence-corrected chi connectivity index (χ3v) is 4.10. The van der Waals surface area contributed by atoms with E-state index >= 15 is 0 Å². The monoisotopic (exact) mass is 298 g/mol. The number of urea groups is 1. The topological polar surface area (TPSA) is 69.6 Å². The molecule has 0 aliphatic heterocycles. The van der Waals surface area contributed by atoms with Crippen LogP contribution in [-0.4, -0.2) is 40.6 Å². The van der Waals surface area contributed by atoms with E-state index in [0.29, 0.717) is 12.0 Å². The number of carbonyl (C=O) groups excluding carboxylic acids is 1. The summed E-state index contributed by atoms with van der Waals surface area (Å²) in [5.74, 6) is -0.354. The minimum atomic E-state index is -0.870. The van der Waals surface area contributed by atoms with E-state index in [1.165, 1.54) is 12.8 Å². The van der Waals surface area contributed by atoms with Crippen LogP contribution in [0.5, 0.6) is 0 Å². The summed E-state index contributed by atoms with van der Waals surface area (Å²) in [6.45, 7) is 8.82. The maximum atomic E-state index is 12.6. The van der Waals surface area contributed by atoms with Gasteiger partial charge < -0.3 is 15.3 Å². The molecule has 21 heavy (non-hydrogen) atoms. The first-order chi connectivity index (χ1) is 9.81. The van der Waals surface area contributed by atoms with Gasteiger partial charge in [-0.3, -0.25) is 4.79 Å². The lowest BCUT2D eigenvalue weighted by molar-refractivity contribution is -0.137. The molecule has 0 bridgehead atoms. The smallest absolute Gasteiger partial charge is 0.317 e. The Bertz CT molecular complexity index is 349. The highest BCUT2D eigenvalue weighted by molar-refractivity contribution is 5.76. The van der Waals surface area contributed by atoms with Crippen molar-refractivity contribution in [1.82, 2.24) is 10.2 Å². The van der Waals surface area contributed by atoms with E-state index in [0.717, 1.165) is 19.4 Å². The number of nitrogens with zero attached hydrogens (tertiary/aromatic N) is 1. The number of carboxylic acid groups (broad SMARTS) is 1. The van der Waals surface area contributed by atoms with Crippen molar-refractivity contribution in [2.45, 2.75) is 71.9 Å². The van der Waals surface area contributed by atoms with Gasteiger partial charge in [-0.15, -0.1) is 0 Å². The van der Waals surface area contributed by atoms with Gasteiger partial charge in [0.05, 0.1) is 6.42 Å². The first-order valence-electron chi connectivity index (χ1n) is 8.10. The zero-order valence-electron chi connectivity index (χ0n) is 13.8. The van der Waals surface area contributed by atoms with Crippen LogP contribution >= 0.6 is 0 Å². The minimum Gasteiger partial charge on any atom is -0.481 e. The van der Waals surface area contributed by atoms with Crippen molar-refractivity contribution >= 4 is 12.0 Å². The van der Waals surface area contributed by atoms with Crippen molar-refractivity contribution in [2.24, 2.45) is 11.8 Å². The Balaban J connectivity index is 2.71. The molecule has 5 heteroatoms. The fourth-order valence-electron chi connectivity index (χ4n) is 2.89. The van der Waals surface area contributed by atoms with Crippen LogP contribution in [0.2, 0.25) is 0 Å². The van der Waals surface area contributed by atoms with Gasteiger partial charge in [0.2, 0.25) is 0 Å². The zero-order valence-corrected chi connectivity index (χ0v) is 13.8. The third-order valence-electron chi connectivity index (χ3n) is 4.10. The number of hydrogen-bond donors (Lipinski definition) is 2. The van der Waals surface area contributed by atoms with E-state index in [1.807, 2.05) is 18.7 Å². The molecule has 2 amide bonds. The van der Waals surface area contributed by atoms with Gasteiger partial charge in [0, 0.05) is 18.6 Å². The molecule has 1 unspecified atom stereocenters. The van der Waals surface area contributed by atoms with Gasteiger partial charge >= 0.3 is 12.0 Å². The summed E-state index contributed by atoms with van der Waals surface area (Å²) in [7, 11) is 0. The lowest BCUT2D eigenvalue weighted by atomic mass is 10.0. The second-order valence-electron chi connectivity index (χ2n) is 6.88. The number of carboxylic acids is 1. The Labute approximate surface area is 128 Å². The number of hydrogen-bond acceptors (Lipinski definition) is 2. The van der Waals surface area contributed by atoms with Crippen LogP contribution in [0, 0.1) is 11.8 Å². The second-order valence-corrected chi connectivity index (χ2v) is 6.88. The average molecular weight is 298 g/mol. The van der Waals surface area contributed by atoms with Gasteiger partial charge in [-0.25, -0.2) is 4.79 Å². The maximum absolute atomic E-state index is 12.6. The SMILES string of the molecule is CC(C)CN(C(=O)NC(CC(=O)O)C(C)C)C1CCCC1. The van der Waals surface area contributed by atoms with E-state index in [2.05, 4.69) is 19.2 Å². The molecular formula is C16H30N2O3. The first-order valence-corrected chi connectivity index (χ1v) is 8.10. The lowest BCUT2D eigenvalue weighted by Gasteiger charge is -2.33. The van der Waals surface area contributed by atoms with Crippen LogP contribution < -0.4 is 5.32 Å². The summed E-state index contributed by atoms with van der Waals surface area (Å²) >= 11 is 0. The van der Waals surface area contributed by atoms with Crippen molar-refractivity contribution in [1.29, 1.82) is 0 Å². The molecule has 1 fully saturated rings. The molecule has 1 aliphatic rings. The molecule has 0 aromatic carbocycles. The molecule has 5 nitrogen and oxygen atoms in total. The zero-order chi connectivity index (χ0) is 16.0. The molecule has 1 aliphatic carbocycles. The van der Waals surface area contributed by atoms with Crippen molar-refractivity contribution in [2.75, 3.05) is 6.54 Å². The standard InChI is InChI=1S/C16H30N2O3/c1-11(2)10-18(13-7-5-6-8-13)16(21)17-14(12(3)4)9-15(19)20/h11-14H,5-10H2,1-4H3,(H,17,21)(H,19,20). The lowest BCUT2D eigenvalue weighted by Crippen LogP contribution is -2.51. The van der Waals surface area contributed by atoms with Gasteiger partial charge in [0.1, 0.15) is 0 Å². The Morgan fingerprint density at radius 3 is 2.19 bits per heavy atom. The molecule has 1 atom stereocenters. The number of amides is 2. The predicted octanol–water partition coefficient (Wildman–Crippen LogP) is 3.10. The highest BCUT2D eigenvalue weighted by Crippen LogP contribution is 2.24. The molecule has 0 heterocycles. The van der Waals surface area contributed by atoms with Crippen LogP contribution in [0.25, 0.3) is 0 Å². The molecule has 0 aromatic rings. The maximum Gasteiger partial charge on any atom is 0.317 e. The number of carbonyl (C=O) groups is 2. The summed E-state index contributed by atoms with van der Waals surface area (Å²) in [6.07, 6.45) is 4.45. The Hall–Kier alpha value is -1.26. The Kier molecular flexibility index (Phi) is 6.99. The van der Waals surface area contributed by atoms with E-state index in [9.17, 15) is 9.59 Å². The van der Waals surface area contributed by atoms with Crippen LogP contribution in [0.15, 0.2) is 0 Å². The number of rotatable bonds is 7. The van der Waals surface area contributed by atoms with Gasteiger partial charge in [-0.05, 0) is 24.7 Å². The van der Waals surface area contributed by atoms with Crippen LogP contribution in [-0.2, 0) is 4.79 Å². The van der Waals surface area contributed by atoms with Crippen molar-refractivity contribution in [3.8, 4) is 0 Å². The quantitative estimate of drug-likeness (QED) is 0.759. The molecule has 0 saturated heterocycles. The van der Waals surface area contributed by atoms with Gasteiger partial charge in [0.15, 0.2) is 0 Å². The molecular weight excluding hydrogens is 268 g/mol. The molecule has 0 radical (unpaired) electrons. The van der Waals surface area contributed by atoms with Crippen LogP contribution in [0.3, 0.4) is 0 Å².